The van der Waals surface area contributed by atoms with Crippen molar-refractivity contribution < 1.29 is 0 Å². The lowest BCUT2D eigenvalue weighted by atomic mass is 9.79. The van der Waals surface area contributed by atoms with Gasteiger partial charge in [-0.25, -0.2) is 0 Å². The average molecular weight is 236 g/mol. The lowest BCUT2D eigenvalue weighted by molar-refractivity contribution is 0.145. The van der Waals surface area contributed by atoms with Gasteiger partial charge in [-0.3, -0.25) is 5.10 Å². The number of nitrogens with zero attached hydrogens (tertiary/aromatic N) is 1. The Balaban J connectivity index is 1.92. The minimum absolute atomic E-state index is 0.202. The first kappa shape index (κ1) is 12.6. The van der Waals surface area contributed by atoms with Crippen LogP contribution in [0.3, 0.4) is 0 Å². The van der Waals surface area contributed by atoms with Gasteiger partial charge in [-0.2, -0.15) is 5.10 Å². The maximum Gasteiger partial charge on any atom is 0.0490 e. The van der Waals surface area contributed by atoms with E-state index in [0.29, 0.717) is 6.04 Å². The lowest BCUT2D eigenvalue weighted by Crippen LogP contribution is -2.61. The number of hydrogen-bond acceptors (Lipinski definition) is 3. The number of piperidine rings is 1. The molecule has 4 heteroatoms. The molecular formula is C13H24N4. The molecule has 0 spiro atoms. The van der Waals surface area contributed by atoms with Crippen molar-refractivity contribution in [1.29, 1.82) is 0 Å². The van der Waals surface area contributed by atoms with Crippen LogP contribution in [-0.4, -0.2) is 27.3 Å². The third-order valence-corrected chi connectivity index (χ3v) is 3.33. The second-order valence-electron chi connectivity index (χ2n) is 6.46. The minimum atomic E-state index is 0.202. The van der Waals surface area contributed by atoms with Crippen molar-refractivity contribution in [3.05, 3.63) is 18.0 Å². The molecule has 2 heterocycles. The fourth-order valence-electron chi connectivity index (χ4n) is 3.10. The van der Waals surface area contributed by atoms with E-state index in [-0.39, 0.29) is 11.1 Å². The number of aromatic nitrogens is 2. The van der Waals surface area contributed by atoms with Crippen molar-refractivity contribution in [2.24, 2.45) is 0 Å². The van der Waals surface area contributed by atoms with E-state index in [1.54, 1.807) is 6.20 Å². The number of aromatic amines is 1. The Hall–Kier alpha value is -0.870. The van der Waals surface area contributed by atoms with Crippen LogP contribution in [0.5, 0.6) is 0 Å². The average Bonchev–Trinajstić information content (AvgIpc) is 2.61. The van der Waals surface area contributed by atoms with Crippen LogP contribution in [0.2, 0.25) is 0 Å². The Morgan fingerprint density at radius 1 is 1.29 bits per heavy atom. The number of rotatable bonds is 3. The monoisotopic (exact) mass is 236 g/mol. The van der Waals surface area contributed by atoms with Crippen molar-refractivity contribution in [3.8, 4) is 0 Å². The van der Waals surface area contributed by atoms with Crippen molar-refractivity contribution in [3.63, 3.8) is 0 Å². The summed E-state index contributed by atoms with van der Waals surface area (Å²) in [5.41, 5.74) is 1.56. The summed E-state index contributed by atoms with van der Waals surface area (Å²) in [7, 11) is 0. The predicted octanol–water partition coefficient (Wildman–Crippen LogP) is 1.81. The Morgan fingerprint density at radius 2 is 1.94 bits per heavy atom. The standard InChI is InChI=1S/C13H24N4/c1-12(2)7-11(8-13(3,4)17-12)14-9-10-5-6-15-16-10/h5-6,11,14,17H,7-9H2,1-4H3,(H,15,16). The highest BCUT2D eigenvalue weighted by Crippen LogP contribution is 2.28. The molecule has 1 aromatic heterocycles. The van der Waals surface area contributed by atoms with Gasteiger partial charge in [0.15, 0.2) is 0 Å². The van der Waals surface area contributed by atoms with E-state index in [1.165, 1.54) is 0 Å². The lowest BCUT2D eigenvalue weighted by Gasteiger charge is -2.46. The number of H-pyrrole nitrogens is 1. The van der Waals surface area contributed by atoms with Gasteiger partial charge in [-0.15, -0.1) is 0 Å². The minimum Gasteiger partial charge on any atom is -0.308 e. The van der Waals surface area contributed by atoms with Crippen molar-refractivity contribution in [2.75, 3.05) is 0 Å². The Kier molecular flexibility index (Phi) is 3.27. The third kappa shape index (κ3) is 3.54. The normalized spacial score (nSPS) is 23.8. The molecule has 0 unspecified atom stereocenters. The smallest absolute Gasteiger partial charge is 0.0490 e. The van der Waals surface area contributed by atoms with Crippen LogP contribution in [0.1, 0.15) is 46.2 Å². The van der Waals surface area contributed by atoms with Crippen molar-refractivity contribution >= 4 is 0 Å². The van der Waals surface area contributed by atoms with Gasteiger partial charge in [-0.1, -0.05) is 0 Å². The van der Waals surface area contributed by atoms with Crippen molar-refractivity contribution in [2.45, 2.75) is 64.2 Å². The van der Waals surface area contributed by atoms with Gasteiger partial charge in [0.05, 0.1) is 0 Å². The van der Waals surface area contributed by atoms with E-state index < -0.39 is 0 Å². The highest BCUT2D eigenvalue weighted by Gasteiger charge is 2.37. The molecule has 1 aliphatic rings. The van der Waals surface area contributed by atoms with Gasteiger partial charge in [0, 0.05) is 35.6 Å². The summed E-state index contributed by atoms with van der Waals surface area (Å²) in [6, 6.07) is 2.58. The summed E-state index contributed by atoms with van der Waals surface area (Å²) >= 11 is 0. The topological polar surface area (TPSA) is 52.7 Å². The second-order valence-corrected chi connectivity index (χ2v) is 6.46. The van der Waals surface area contributed by atoms with Crippen LogP contribution in [-0.2, 0) is 6.54 Å². The summed E-state index contributed by atoms with van der Waals surface area (Å²) in [5.74, 6) is 0. The second kappa shape index (κ2) is 4.42. The molecule has 1 saturated heterocycles. The molecule has 0 aliphatic carbocycles. The fourth-order valence-corrected chi connectivity index (χ4v) is 3.10. The molecule has 1 aromatic rings. The van der Waals surface area contributed by atoms with E-state index in [4.69, 9.17) is 0 Å². The molecule has 2 rings (SSSR count). The Labute approximate surface area is 104 Å². The summed E-state index contributed by atoms with van der Waals surface area (Å²) in [5, 5.41) is 14.3. The third-order valence-electron chi connectivity index (χ3n) is 3.33. The molecule has 96 valence electrons. The summed E-state index contributed by atoms with van der Waals surface area (Å²) in [4.78, 5) is 0. The van der Waals surface area contributed by atoms with Crippen LogP contribution in [0.15, 0.2) is 12.3 Å². The number of nitrogens with one attached hydrogen (secondary N) is 3. The van der Waals surface area contributed by atoms with E-state index in [0.717, 1.165) is 25.1 Å². The Morgan fingerprint density at radius 3 is 2.47 bits per heavy atom. The zero-order valence-electron chi connectivity index (χ0n) is 11.3. The molecule has 0 radical (unpaired) electrons. The van der Waals surface area contributed by atoms with Gasteiger partial charge >= 0.3 is 0 Å². The molecule has 0 saturated carbocycles. The molecular weight excluding hydrogens is 212 g/mol. The summed E-state index contributed by atoms with van der Waals surface area (Å²) < 4.78 is 0. The molecule has 4 nitrogen and oxygen atoms in total. The zero-order chi connectivity index (χ0) is 12.5. The molecule has 1 aliphatic heterocycles. The van der Waals surface area contributed by atoms with Gasteiger partial charge in [0.25, 0.3) is 0 Å². The van der Waals surface area contributed by atoms with Crippen LogP contribution in [0.25, 0.3) is 0 Å². The molecule has 3 N–H and O–H groups in total. The molecule has 0 bridgehead atoms. The maximum absolute atomic E-state index is 3.97. The first-order valence-corrected chi connectivity index (χ1v) is 6.37. The van der Waals surface area contributed by atoms with Crippen LogP contribution >= 0.6 is 0 Å². The molecule has 17 heavy (non-hydrogen) atoms. The van der Waals surface area contributed by atoms with E-state index in [9.17, 15) is 0 Å². The van der Waals surface area contributed by atoms with Gasteiger partial charge in [-0.05, 0) is 46.6 Å². The first-order valence-electron chi connectivity index (χ1n) is 6.37. The van der Waals surface area contributed by atoms with Gasteiger partial charge < -0.3 is 10.6 Å². The van der Waals surface area contributed by atoms with Crippen molar-refractivity contribution in [1.82, 2.24) is 20.8 Å². The number of hydrogen-bond donors (Lipinski definition) is 3. The van der Waals surface area contributed by atoms with E-state index in [1.807, 2.05) is 6.07 Å². The van der Waals surface area contributed by atoms with Gasteiger partial charge in [0.2, 0.25) is 0 Å². The molecule has 0 amide bonds. The fraction of sp³-hybridized carbons (Fsp3) is 0.769. The highest BCUT2D eigenvalue weighted by atomic mass is 15.1. The summed E-state index contributed by atoms with van der Waals surface area (Å²) in [6.45, 7) is 9.98. The SMILES string of the molecule is CC1(C)CC(NCc2ccn[nH]2)CC(C)(C)N1. The zero-order valence-corrected chi connectivity index (χ0v) is 11.3. The Bertz CT molecular complexity index is 338. The largest absolute Gasteiger partial charge is 0.308 e. The van der Waals surface area contributed by atoms with Gasteiger partial charge in [0.1, 0.15) is 0 Å². The maximum atomic E-state index is 3.97. The van der Waals surface area contributed by atoms with Crippen LogP contribution < -0.4 is 10.6 Å². The van der Waals surface area contributed by atoms with Crippen LogP contribution in [0, 0.1) is 0 Å². The molecule has 0 atom stereocenters. The van der Waals surface area contributed by atoms with E-state index >= 15 is 0 Å². The summed E-state index contributed by atoms with van der Waals surface area (Å²) in [6.07, 6.45) is 4.11. The van der Waals surface area contributed by atoms with E-state index in [2.05, 4.69) is 48.5 Å². The van der Waals surface area contributed by atoms with Crippen LogP contribution in [0.4, 0.5) is 0 Å². The molecule has 0 aromatic carbocycles. The highest BCUT2D eigenvalue weighted by molar-refractivity contribution is 5.02. The molecule has 1 fully saturated rings. The quantitative estimate of drug-likeness (QED) is 0.750. The first-order chi connectivity index (χ1) is 7.86. The predicted molar refractivity (Wildman–Crippen MR) is 69.7 cm³/mol.